The van der Waals surface area contributed by atoms with Crippen molar-refractivity contribution in [1.82, 2.24) is 4.31 Å². The van der Waals surface area contributed by atoms with Crippen LogP contribution < -0.4 is 5.73 Å². The largest absolute Gasteiger partial charge is 0.462 e. The average Bonchev–Trinajstić information content (AvgIpc) is 2.45. The molecule has 0 aliphatic rings. The molecule has 1 aromatic carbocycles. The molecule has 0 radical (unpaired) electrons. The first-order chi connectivity index (χ1) is 9.34. The highest BCUT2D eigenvalue weighted by Crippen LogP contribution is 2.17. The van der Waals surface area contributed by atoms with Crippen LogP contribution in [0.3, 0.4) is 0 Å². The fourth-order valence-corrected chi connectivity index (χ4v) is 2.90. The highest BCUT2D eigenvalue weighted by molar-refractivity contribution is 7.89. The van der Waals surface area contributed by atoms with Crippen LogP contribution in [0.2, 0.25) is 0 Å². The molecular weight excluding hydrogens is 280 g/mol. The number of nitrogens with zero attached hydrogens (tertiary/aromatic N) is 1. The van der Waals surface area contributed by atoms with Crippen molar-refractivity contribution in [1.29, 1.82) is 0 Å². The number of likely N-dealkylation sites (N-methyl/N-ethyl adjacent to an activating group) is 1. The summed E-state index contributed by atoms with van der Waals surface area (Å²) in [6.07, 6.45) is 0. The van der Waals surface area contributed by atoms with E-state index in [1.165, 1.54) is 35.6 Å². The van der Waals surface area contributed by atoms with Crippen LogP contribution >= 0.6 is 0 Å². The minimum atomic E-state index is -3.60. The number of nitrogens with two attached hydrogens (primary N) is 1. The van der Waals surface area contributed by atoms with Gasteiger partial charge in [-0.3, -0.25) is 0 Å². The van der Waals surface area contributed by atoms with Crippen LogP contribution in [0.1, 0.15) is 24.2 Å². The molecule has 20 heavy (non-hydrogen) atoms. The number of hydrogen-bond acceptors (Lipinski definition) is 5. The van der Waals surface area contributed by atoms with Crippen LogP contribution in [-0.4, -0.2) is 44.9 Å². The first-order valence-corrected chi connectivity index (χ1v) is 7.73. The van der Waals surface area contributed by atoms with Crippen LogP contribution in [0.15, 0.2) is 29.2 Å². The summed E-state index contributed by atoms with van der Waals surface area (Å²) in [4.78, 5) is 11.6. The van der Waals surface area contributed by atoms with Gasteiger partial charge in [0.15, 0.2) is 0 Å². The molecule has 1 atom stereocenters. The van der Waals surface area contributed by atoms with Crippen LogP contribution in [0.4, 0.5) is 0 Å². The minimum absolute atomic E-state index is 0.119. The predicted octanol–water partition coefficient (Wildman–Crippen LogP) is 0.831. The maximum atomic E-state index is 12.3. The van der Waals surface area contributed by atoms with Gasteiger partial charge in [0.2, 0.25) is 10.0 Å². The molecule has 0 aliphatic heterocycles. The summed E-state index contributed by atoms with van der Waals surface area (Å²) < 4.78 is 30.6. The van der Waals surface area contributed by atoms with Crippen LogP contribution in [0, 0.1) is 0 Å². The zero-order valence-corrected chi connectivity index (χ0v) is 12.7. The van der Waals surface area contributed by atoms with Gasteiger partial charge < -0.3 is 10.5 Å². The third kappa shape index (κ3) is 3.56. The molecule has 112 valence electrons. The van der Waals surface area contributed by atoms with Gasteiger partial charge in [-0.25, -0.2) is 13.2 Å². The van der Waals surface area contributed by atoms with Crippen LogP contribution in [0.25, 0.3) is 0 Å². The van der Waals surface area contributed by atoms with Crippen molar-refractivity contribution >= 4 is 16.0 Å². The molecule has 1 aromatic rings. The number of benzene rings is 1. The second-order valence-electron chi connectivity index (χ2n) is 4.35. The molecule has 2 N–H and O–H groups in total. The molecule has 0 amide bonds. The highest BCUT2D eigenvalue weighted by atomic mass is 32.2. The highest BCUT2D eigenvalue weighted by Gasteiger charge is 2.24. The Balaban J connectivity index is 3.01. The molecule has 0 saturated carbocycles. The number of carbonyl (C=O) groups excluding carboxylic acids is 1. The Bertz CT molecular complexity index is 554. The first-order valence-electron chi connectivity index (χ1n) is 6.29. The SMILES string of the molecule is CCOC(=O)c1ccc(S(=O)(=O)N(C)C(C)CN)cc1. The van der Waals surface area contributed by atoms with Gasteiger partial charge in [-0.05, 0) is 38.1 Å². The normalized spacial score (nSPS) is 13.2. The maximum absolute atomic E-state index is 12.3. The zero-order valence-electron chi connectivity index (χ0n) is 11.9. The molecule has 1 unspecified atom stereocenters. The molecule has 6 nitrogen and oxygen atoms in total. The van der Waals surface area contributed by atoms with Gasteiger partial charge in [0.25, 0.3) is 0 Å². The second kappa shape index (κ2) is 6.83. The third-order valence-corrected chi connectivity index (χ3v) is 4.99. The molecule has 0 spiro atoms. The summed E-state index contributed by atoms with van der Waals surface area (Å²) in [5, 5.41) is 0. The summed E-state index contributed by atoms with van der Waals surface area (Å²) in [5.74, 6) is -0.472. The smallest absolute Gasteiger partial charge is 0.338 e. The van der Waals surface area contributed by atoms with E-state index in [0.717, 1.165) is 0 Å². The van der Waals surface area contributed by atoms with Gasteiger partial charge in [0.1, 0.15) is 0 Å². The number of rotatable bonds is 6. The molecule has 0 bridgehead atoms. The molecule has 0 aliphatic carbocycles. The molecule has 0 aromatic heterocycles. The number of carbonyl (C=O) groups is 1. The van der Waals surface area contributed by atoms with Gasteiger partial charge in [-0.2, -0.15) is 4.31 Å². The fourth-order valence-electron chi connectivity index (χ4n) is 1.53. The van der Waals surface area contributed by atoms with E-state index in [1.807, 2.05) is 0 Å². The van der Waals surface area contributed by atoms with E-state index in [4.69, 9.17) is 10.5 Å². The van der Waals surface area contributed by atoms with Crippen molar-refractivity contribution in [3.05, 3.63) is 29.8 Å². The van der Waals surface area contributed by atoms with Crippen molar-refractivity contribution in [2.75, 3.05) is 20.2 Å². The Kier molecular flexibility index (Phi) is 5.67. The molecule has 0 fully saturated rings. The number of sulfonamides is 1. The summed E-state index contributed by atoms with van der Waals surface area (Å²) in [6.45, 7) is 3.94. The van der Waals surface area contributed by atoms with Gasteiger partial charge >= 0.3 is 5.97 Å². The summed E-state index contributed by atoms with van der Waals surface area (Å²) in [7, 11) is -2.13. The van der Waals surface area contributed by atoms with Crippen molar-refractivity contribution in [3.8, 4) is 0 Å². The monoisotopic (exact) mass is 300 g/mol. The van der Waals surface area contributed by atoms with Crippen molar-refractivity contribution in [2.24, 2.45) is 5.73 Å². The van der Waals surface area contributed by atoms with Crippen LogP contribution in [-0.2, 0) is 14.8 Å². The zero-order chi connectivity index (χ0) is 15.3. The Morgan fingerprint density at radius 1 is 1.35 bits per heavy atom. The minimum Gasteiger partial charge on any atom is -0.462 e. The van der Waals surface area contributed by atoms with E-state index in [1.54, 1.807) is 13.8 Å². The number of esters is 1. The Morgan fingerprint density at radius 2 is 1.90 bits per heavy atom. The Hall–Kier alpha value is -1.44. The lowest BCUT2D eigenvalue weighted by Gasteiger charge is -2.23. The quantitative estimate of drug-likeness (QED) is 0.786. The van der Waals surface area contributed by atoms with E-state index in [9.17, 15) is 13.2 Å². The standard InChI is InChI=1S/C13H20N2O4S/c1-4-19-13(16)11-5-7-12(8-6-11)20(17,18)15(3)10(2)9-14/h5-8,10H,4,9,14H2,1-3H3. The van der Waals surface area contributed by atoms with E-state index in [2.05, 4.69) is 0 Å². The Morgan fingerprint density at radius 3 is 2.35 bits per heavy atom. The molecule has 1 rings (SSSR count). The lowest BCUT2D eigenvalue weighted by molar-refractivity contribution is 0.0526. The lowest BCUT2D eigenvalue weighted by Crippen LogP contribution is -2.39. The predicted molar refractivity (Wildman–Crippen MR) is 75.9 cm³/mol. The van der Waals surface area contributed by atoms with E-state index < -0.39 is 16.0 Å². The number of ether oxygens (including phenoxy) is 1. The van der Waals surface area contributed by atoms with Crippen LogP contribution in [0.5, 0.6) is 0 Å². The lowest BCUT2D eigenvalue weighted by atomic mass is 10.2. The maximum Gasteiger partial charge on any atom is 0.338 e. The van der Waals surface area contributed by atoms with E-state index >= 15 is 0 Å². The number of hydrogen-bond donors (Lipinski definition) is 1. The average molecular weight is 300 g/mol. The van der Waals surface area contributed by atoms with Crippen molar-refractivity contribution < 1.29 is 17.9 Å². The van der Waals surface area contributed by atoms with Gasteiger partial charge in [0, 0.05) is 19.6 Å². The van der Waals surface area contributed by atoms with E-state index in [-0.39, 0.29) is 24.1 Å². The van der Waals surface area contributed by atoms with Crippen molar-refractivity contribution in [2.45, 2.75) is 24.8 Å². The molecule has 0 heterocycles. The van der Waals surface area contributed by atoms with Gasteiger partial charge in [0.05, 0.1) is 17.1 Å². The molecule has 7 heteroatoms. The third-order valence-electron chi connectivity index (χ3n) is 3.00. The first kappa shape index (κ1) is 16.6. The Labute approximate surface area is 119 Å². The van der Waals surface area contributed by atoms with Gasteiger partial charge in [-0.1, -0.05) is 0 Å². The topological polar surface area (TPSA) is 89.7 Å². The van der Waals surface area contributed by atoms with Gasteiger partial charge in [-0.15, -0.1) is 0 Å². The van der Waals surface area contributed by atoms with Crippen molar-refractivity contribution in [3.63, 3.8) is 0 Å². The van der Waals surface area contributed by atoms with E-state index in [0.29, 0.717) is 5.56 Å². The molecular formula is C13H20N2O4S. The molecule has 0 saturated heterocycles. The summed E-state index contributed by atoms with van der Waals surface area (Å²) in [5.41, 5.74) is 5.80. The fraction of sp³-hybridized carbons (Fsp3) is 0.462. The second-order valence-corrected chi connectivity index (χ2v) is 6.35. The summed E-state index contributed by atoms with van der Waals surface area (Å²) >= 11 is 0. The summed E-state index contributed by atoms with van der Waals surface area (Å²) in [6, 6.07) is 5.35.